The average molecular weight is 421 g/mol. The Labute approximate surface area is 177 Å². The van der Waals surface area contributed by atoms with Crippen LogP contribution in [0.4, 0.5) is 0 Å². The zero-order valence-corrected chi connectivity index (χ0v) is 17.0. The summed E-state index contributed by atoms with van der Waals surface area (Å²) in [7, 11) is 1.55. The number of hydrogen-bond acceptors (Lipinski definition) is 5. The second-order valence-corrected chi connectivity index (χ2v) is 7.11. The summed E-state index contributed by atoms with van der Waals surface area (Å²) in [6.45, 7) is 1.85. The van der Waals surface area contributed by atoms with E-state index < -0.39 is 11.6 Å². The number of hydrogen-bond donors (Lipinski definition) is 0. The Kier molecular flexibility index (Phi) is 5.29. The average Bonchev–Trinajstić information content (AvgIpc) is 2.75. The van der Waals surface area contributed by atoms with Crippen molar-refractivity contribution in [1.82, 2.24) is 0 Å². The number of fused-ring (bicyclic) bond motifs is 1. The fourth-order valence-electron chi connectivity index (χ4n) is 3.24. The van der Waals surface area contributed by atoms with E-state index >= 15 is 0 Å². The van der Waals surface area contributed by atoms with Crippen LogP contribution in [0.25, 0.3) is 22.1 Å². The lowest BCUT2D eigenvalue weighted by atomic mass is 10.00. The molecule has 5 nitrogen and oxygen atoms in total. The van der Waals surface area contributed by atoms with E-state index in [2.05, 4.69) is 0 Å². The van der Waals surface area contributed by atoms with Crippen LogP contribution in [0.5, 0.6) is 11.5 Å². The smallest absolute Gasteiger partial charge is 0.344 e. The van der Waals surface area contributed by atoms with E-state index in [-0.39, 0.29) is 5.75 Å². The highest BCUT2D eigenvalue weighted by Crippen LogP contribution is 2.30. The zero-order chi connectivity index (χ0) is 21.3. The van der Waals surface area contributed by atoms with Crippen molar-refractivity contribution in [3.63, 3.8) is 0 Å². The van der Waals surface area contributed by atoms with Crippen molar-refractivity contribution in [1.29, 1.82) is 0 Å². The highest BCUT2D eigenvalue weighted by atomic mass is 35.5. The van der Waals surface area contributed by atoms with Gasteiger partial charge in [-0.2, -0.15) is 0 Å². The molecule has 0 amide bonds. The summed E-state index contributed by atoms with van der Waals surface area (Å²) < 4.78 is 16.0. The number of rotatable bonds is 4. The molecule has 1 heterocycles. The van der Waals surface area contributed by atoms with Gasteiger partial charge in [0.25, 0.3) is 0 Å². The SMILES string of the molecule is COc1ccc(C(=O)Oc2ccc3c(C)c(-c4ccc(Cl)cc4)c(=O)oc3c2)cc1. The summed E-state index contributed by atoms with van der Waals surface area (Å²) in [4.78, 5) is 25.0. The van der Waals surface area contributed by atoms with Crippen LogP contribution in [0.2, 0.25) is 5.02 Å². The van der Waals surface area contributed by atoms with E-state index in [0.29, 0.717) is 27.5 Å². The molecule has 4 rings (SSSR count). The van der Waals surface area contributed by atoms with E-state index in [1.54, 1.807) is 67.8 Å². The first-order valence-corrected chi connectivity index (χ1v) is 9.53. The third kappa shape index (κ3) is 3.80. The number of carbonyl (C=O) groups excluding carboxylic acids is 1. The molecular weight excluding hydrogens is 404 g/mol. The summed E-state index contributed by atoms with van der Waals surface area (Å²) in [5.74, 6) is 0.407. The van der Waals surface area contributed by atoms with Crippen LogP contribution in [-0.2, 0) is 0 Å². The first kappa shape index (κ1) is 19.7. The van der Waals surface area contributed by atoms with Gasteiger partial charge in [0.15, 0.2) is 0 Å². The Hall–Kier alpha value is -3.57. The van der Waals surface area contributed by atoms with Gasteiger partial charge in [0.1, 0.15) is 17.1 Å². The number of esters is 1. The largest absolute Gasteiger partial charge is 0.497 e. The summed E-state index contributed by atoms with van der Waals surface area (Å²) in [6.07, 6.45) is 0. The predicted octanol–water partition coefficient (Wildman–Crippen LogP) is 5.65. The number of methoxy groups -OCH3 is 1. The third-order valence-electron chi connectivity index (χ3n) is 4.81. The molecule has 0 radical (unpaired) electrons. The van der Waals surface area contributed by atoms with Crippen molar-refractivity contribution in [3.05, 3.63) is 93.3 Å². The van der Waals surface area contributed by atoms with Crippen LogP contribution in [0.15, 0.2) is 75.9 Å². The van der Waals surface area contributed by atoms with Crippen LogP contribution in [0, 0.1) is 6.92 Å². The number of ether oxygens (including phenoxy) is 2. The maximum Gasteiger partial charge on any atom is 0.344 e. The lowest BCUT2D eigenvalue weighted by Gasteiger charge is -2.10. The first-order chi connectivity index (χ1) is 14.5. The van der Waals surface area contributed by atoms with Gasteiger partial charge in [0.2, 0.25) is 0 Å². The number of benzene rings is 3. The zero-order valence-electron chi connectivity index (χ0n) is 16.3. The maximum absolute atomic E-state index is 12.6. The number of aryl methyl sites for hydroxylation is 1. The molecule has 0 bridgehead atoms. The highest BCUT2D eigenvalue weighted by Gasteiger charge is 2.15. The lowest BCUT2D eigenvalue weighted by molar-refractivity contribution is 0.0735. The minimum atomic E-state index is -0.520. The highest BCUT2D eigenvalue weighted by molar-refractivity contribution is 6.30. The topological polar surface area (TPSA) is 65.7 Å². The Bertz CT molecular complexity index is 1290. The van der Waals surface area contributed by atoms with E-state index in [4.69, 9.17) is 25.5 Å². The molecule has 0 fully saturated rings. The minimum Gasteiger partial charge on any atom is -0.497 e. The molecule has 4 aromatic rings. The fraction of sp³-hybridized carbons (Fsp3) is 0.0833. The molecule has 30 heavy (non-hydrogen) atoms. The lowest BCUT2D eigenvalue weighted by Crippen LogP contribution is -2.09. The van der Waals surface area contributed by atoms with Crippen LogP contribution in [-0.4, -0.2) is 13.1 Å². The predicted molar refractivity (Wildman–Crippen MR) is 116 cm³/mol. The van der Waals surface area contributed by atoms with Gasteiger partial charge in [0, 0.05) is 16.5 Å². The Morgan fingerprint density at radius 3 is 2.27 bits per heavy atom. The molecule has 150 valence electrons. The molecule has 0 aliphatic heterocycles. The van der Waals surface area contributed by atoms with Crippen molar-refractivity contribution in [2.75, 3.05) is 7.11 Å². The fourth-order valence-corrected chi connectivity index (χ4v) is 3.37. The van der Waals surface area contributed by atoms with Gasteiger partial charge < -0.3 is 13.9 Å². The van der Waals surface area contributed by atoms with Gasteiger partial charge in [-0.25, -0.2) is 9.59 Å². The van der Waals surface area contributed by atoms with Crippen LogP contribution in [0.3, 0.4) is 0 Å². The van der Waals surface area contributed by atoms with Gasteiger partial charge in [-0.15, -0.1) is 0 Å². The summed E-state index contributed by atoms with van der Waals surface area (Å²) in [5.41, 5.74) is 2.23. The maximum atomic E-state index is 12.6. The second-order valence-electron chi connectivity index (χ2n) is 6.67. The van der Waals surface area contributed by atoms with E-state index in [9.17, 15) is 9.59 Å². The molecule has 0 saturated heterocycles. The van der Waals surface area contributed by atoms with E-state index in [1.807, 2.05) is 6.92 Å². The quantitative estimate of drug-likeness (QED) is 0.242. The van der Waals surface area contributed by atoms with Gasteiger partial charge in [-0.1, -0.05) is 23.7 Å². The van der Waals surface area contributed by atoms with Crippen molar-refractivity contribution < 1.29 is 18.7 Å². The molecule has 0 aliphatic rings. The Morgan fingerprint density at radius 1 is 0.933 bits per heavy atom. The van der Waals surface area contributed by atoms with Gasteiger partial charge in [-0.3, -0.25) is 0 Å². The molecular formula is C24H17ClO5. The molecule has 0 spiro atoms. The molecule has 1 aromatic heterocycles. The summed E-state index contributed by atoms with van der Waals surface area (Å²) in [5, 5.41) is 1.34. The second kappa shape index (κ2) is 8.05. The van der Waals surface area contributed by atoms with Crippen LogP contribution in [0.1, 0.15) is 15.9 Å². The van der Waals surface area contributed by atoms with Crippen LogP contribution >= 0.6 is 11.6 Å². The normalized spacial score (nSPS) is 10.8. The molecule has 0 N–H and O–H groups in total. The molecule has 0 atom stereocenters. The Balaban J connectivity index is 1.67. The molecule has 0 saturated carbocycles. The van der Waals surface area contributed by atoms with Gasteiger partial charge >= 0.3 is 11.6 Å². The van der Waals surface area contributed by atoms with E-state index in [0.717, 1.165) is 16.5 Å². The number of carbonyl (C=O) groups is 1. The monoisotopic (exact) mass is 420 g/mol. The van der Waals surface area contributed by atoms with Gasteiger partial charge in [0.05, 0.1) is 18.2 Å². The van der Waals surface area contributed by atoms with E-state index in [1.165, 1.54) is 6.07 Å². The minimum absolute atomic E-state index is 0.283. The van der Waals surface area contributed by atoms with Crippen molar-refractivity contribution in [3.8, 4) is 22.6 Å². The molecule has 0 aliphatic carbocycles. The molecule has 0 unspecified atom stereocenters. The third-order valence-corrected chi connectivity index (χ3v) is 5.06. The number of halogens is 1. The Morgan fingerprint density at radius 2 is 1.60 bits per heavy atom. The summed E-state index contributed by atoms with van der Waals surface area (Å²) in [6, 6.07) is 18.6. The van der Waals surface area contributed by atoms with Crippen LogP contribution < -0.4 is 15.1 Å². The van der Waals surface area contributed by atoms with Crippen molar-refractivity contribution >= 4 is 28.5 Å². The summed E-state index contributed by atoms with van der Waals surface area (Å²) >= 11 is 5.94. The first-order valence-electron chi connectivity index (χ1n) is 9.16. The molecule has 6 heteroatoms. The van der Waals surface area contributed by atoms with Crippen molar-refractivity contribution in [2.45, 2.75) is 6.92 Å². The van der Waals surface area contributed by atoms with Crippen molar-refractivity contribution in [2.24, 2.45) is 0 Å². The molecule has 3 aromatic carbocycles. The standard InChI is InChI=1S/C24H17ClO5/c1-14-20-12-11-19(29-23(26)16-5-9-18(28-2)10-6-16)13-21(20)30-24(27)22(14)15-3-7-17(25)8-4-15/h3-13H,1-2H3. The van der Waals surface area contributed by atoms with Gasteiger partial charge in [-0.05, 0) is 66.6 Å².